The van der Waals surface area contributed by atoms with E-state index in [-0.39, 0.29) is 0 Å². The highest BCUT2D eigenvalue weighted by atomic mass is 35.5. The number of carbonyl (C=O) groups is 1. The lowest BCUT2D eigenvalue weighted by Gasteiger charge is -2.06. The molecule has 0 radical (unpaired) electrons. The van der Waals surface area contributed by atoms with Gasteiger partial charge in [0, 0.05) is 10.6 Å². The van der Waals surface area contributed by atoms with Crippen LogP contribution in [0.3, 0.4) is 0 Å². The maximum absolute atomic E-state index is 11.0. The molecule has 5 heteroatoms. The molecule has 1 aromatic carbocycles. The van der Waals surface area contributed by atoms with Gasteiger partial charge >= 0.3 is 0 Å². The van der Waals surface area contributed by atoms with Crippen LogP contribution in [0.2, 0.25) is 5.02 Å². The van der Waals surface area contributed by atoms with Gasteiger partial charge in [0.05, 0.1) is 12.7 Å². The molecule has 2 aromatic rings. The van der Waals surface area contributed by atoms with E-state index >= 15 is 0 Å². The smallest absolute Gasteiger partial charge is 0.155 e. The number of carbonyl (C=O) groups excluding carboxylic acids is 1. The predicted octanol–water partition coefficient (Wildman–Crippen LogP) is 3.12. The number of benzene rings is 1. The fraction of sp³-hybridized carbons (Fsp3) is 0.167. The highest BCUT2D eigenvalue weighted by molar-refractivity contribution is 6.31. The number of rotatable bonds is 3. The Morgan fingerprint density at radius 1 is 1.47 bits per heavy atom. The van der Waals surface area contributed by atoms with Gasteiger partial charge in [-0.1, -0.05) is 16.8 Å². The van der Waals surface area contributed by atoms with Crippen molar-refractivity contribution in [3.8, 4) is 17.0 Å². The molecule has 88 valence electrons. The first-order valence-corrected chi connectivity index (χ1v) is 5.30. The molecule has 1 aromatic heterocycles. The molecule has 0 spiro atoms. The van der Waals surface area contributed by atoms with Crippen molar-refractivity contribution in [1.29, 1.82) is 0 Å². The first-order chi connectivity index (χ1) is 8.17. The number of halogens is 1. The van der Waals surface area contributed by atoms with Crippen LogP contribution in [0.4, 0.5) is 0 Å². The Labute approximate surface area is 103 Å². The lowest BCUT2D eigenvalue weighted by atomic mass is 10.1. The van der Waals surface area contributed by atoms with Crippen molar-refractivity contribution < 1.29 is 14.1 Å². The molecule has 17 heavy (non-hydrogen) atoms. The summed E-state index contributed by atoms with van der Waals surface area (Å²) in [7, 11) is 1.54. The van der Waals surface area contributed by atoms with E-state index in [9.17, 15) is 4.79 Å². The van der Waals surface area contributed by atoms with Gasteiger partial charge < -0.3 is 9.26 Å². The summed E-state index contributed by atoms with van der Waals surface area (Å²) in [6.07, 6.45) is 0.710. The summed E-state index contributed by atoms with van der Waals surface area (Å²) in [5.41, 5.74) is 1.49. The van der Waals surface area contributed by atoms with Crippen molar-refractivity contribution in [2.75, 3.05) is 7.11 Å². The van der Waals surface area contributed by atoms with Gasteiger partial charge in [-0.15, -0.1) is 0 Å². The number of hydrogen-bond donors (Lipinski definition) is 0. The van der Waals surface area contributed by atoms with E-state index in [1.807, 2.05) is 0 Å². The third kappa shape index (κ3) is 2.03. The van der Waals surface area contributed by atoms with Gasteiger partial charge in [0.1, 0.15) is 17.2 Å². The number of aldehydes is 1. The molecule has 0 saturated carbocycles. The summed E-state index contributed by atoms with van der Waals surface area (Å²) in [4.78, 5) is 11.0. The first kappa shape index (κ1) is 11.7. The van der Waals surface area contributed by atoms with Crippen LogP contribution in [0.1, 0.15) is 16.1 Å². The van der Waals surface area contributed by atoms with Gasteiger partial charge in [0.25, 0.3) is 0 Å². The molecule has 4 nitrogen and oxygen atoms in total. The molecule has 0 fully saturated rings. The second-order valence-corrected chi connectivity index (χ2v) is 3.90. The van der Waals surface area contributed by atoms with Gasteiger partial charge in [-0.25, -0.2) is 0 Å². The van der Waals surface area contributed by atoms with Crippen molar-refractivity contribution in [1.82, 2.24) is 5.16 Å². The largest absolute Gasteiger partial charge is 0.496 e. The Morgan fingerprint density at radius 3 is 2.88 bits per heavy atom. The monoisotopic (exact) mass is 251 g/mol. The van der Waals surface area contributed by atoms with Crippen LogP contribution in [-0.4, -0.2) is 18.6 Å². The van der Waals surface area contributed by atoms with E-state index in [1.54, 1.807) is 32.2 Å². The Balaban J connectivity index is 2.66. The second-order valence-electron chi connectivity index (χ2n) is 3.46. The number of hydrogen-bond acceptors (Lipinski definition) is 4. The zero-order valence-corrected chi connectivity index (χ0v) is 10.1. The van der Waals surface area contributed by atoms with Crippen molar-refractivity contribution in [2.45, 2.75) is 6.92 Å². The zero-order chi connectivity index (χ0) is 12.4. The standard InChI is InChI=1S/C12H10ClNO3/c1-7-10(6-15)12(14-17-7)9-5-8(13)3-4-11(9)16-2/h3-6H,1-2H3. The molecule has 0 atom stereocenters. The summed E-state index contributed by atoms with van der Waals surface area (Å²) in [6.45, 7) is 1.68. The number of aromatic nitrogens is 1. The summed E-state index contributed by atoms with van der Waals surface area (Å²) in [5, 5.41) is 4.40. The molecule has 0 amide bonds. The third-order valence-electron chi connectivity index (χ3n) is 2.44. The third-order valence-corrected chi connectivity index (χ3v) is 2.68. The van der Waals surface area contributed by atoms with Crippen molar-refractivity contribution in [3.63, 3.8) is 0 Å². The Hall–Kier alpha value is -1.81. The molecular formula is C12H10ClNO3. The van der Waals surface area contributed by atoms with Crippen LogP contribution in [0.5, 0.6) is 5.75 Å². The van der Waals surface area contributed by atoms with Crippen LogP contribution in [0.25, 0.3) is 11.3 Å². The average Bonchev–Trinajstić information content (AvgIpc) is 2.70. The van der Waals surface area contributed by atoms with E-state index in [2.05, 4.69) is 5.16 Å². The normalized spacial score (nSPS) is 10.3. The van der Waals surface area contributed by atoms with Crippen LogP contribution in [-0.2, 0) is 0 Å². The van der Waals surface area contributed by atoms with Crippen molar-refractivity contribution in [3.05, 3.63) is 34.5 Å². The molecule has 0 unspecified atom stereocenters. The highest BCUT2D eigenvalue weighted by Gasteiger charge is 2.17. The molecule has 0 bridgehead atoms. The molecule has 0 N–H and O–H groups in total. The van der Waals surface area contributed by atoms with E-state index in [1.165, 1.54) is 0 Å². The Kier molecular flexibility index (Phi) is 3.15. The quantitative estimate of drug-likeness (QED) is 0.787. The summed E-state index contributed by atoms with van der Waals surface area (Å²) in [6, 6.07) is 5.11. The maximum atomic E-state index is 11.0. The van der Waals surface area contributed by atoms with Crippen LogP contribution in [0, 0.1) is 6.92 Å². The lowest BCUT2D eigenvalue weighted by molar-refractivity contribution is 0.112. The van der Waals surface area contributed by atoms with Crippen molar-refractivity contribution in [2.24, 2.45) is 0 Å². The molecule has 0 aliphatic rings. The van der Waals surface area contributed by atoms with E-state index in [4.69, 9.17) is 20.9 Å². The first-order valence-electron chi connectivity index (χ1n) is 4.92. The maximum Gasteiger partial charge on any atom is 0.155 e. The minimum absolute atomic E-state index is 0.408. The second kappa shape index (κ2) is 4.59. The van der Waals surface area contributed by atoms with Crippen molar-refractivity contribution >= 4 is 17.9 Å². The zero-order valence-electron chi connectivity index (χ0n) is 9.36. The fourth-order valence-corrected chi connectivity index (χ4v) is 1.75. The van der Waals surface area contributed by atoms with E-state index in [0.29, 0.717) is 39.6 Å². The summed E-state index contributed by atoms with van der Waals surface area (Å²) >= 11 is 5.92. The van der Waals surface area contributed by atoms with E-state index in [0.717, 1.165) is 0 Å². The van der Waals surface area contributed by atoms with Crippen LogP contribution in [0.15, 0.2) is 22.7 Å². The molecule has 1 heterocycles. The van der Waals surface area contributed by atoms with Crippen LogP contribution >= 0.6 is 11.6 Å². The van der Waals surface area contributed by atoms with Gasteiger partial charge in [-0.05, 0) is 25.1 Å². The molecule has 0 aliphatic carbocycles. The topological polar surface area (TPSA) is 52.3 Å². The van der Waals surface area contributed by atoms with Gasteiger partial charge in [-0.2, -0.15) is 0 Å². The number of ether oxygens (including phenoxy) is 1. The minimum atomic E-state index is 0.408. The average molecular weight is 252 g/mol. The Morgan fingerprint density at radius 2 is 2.24 bits per heavy atom. The van der Waals surface area contributed by atoms with Gasteiger partial charge in [-0.3, -0.25) is 4.79 Å². The number of methoxy groups -OCH3 is 1. The lowest BCUT2D eigenvalue weighted by Crippen LogP contribution is -1.91. The molecule has 0 aliphatic heterocycles. The van der Waals surface area contributed by atoms with E-state index < -0.39 is 0 Å². The Bertz CT molecular complexity index is 563. The number of nitrogens with zero attached hydrogens (tertiary/aromatic N) is 1. The fourth-order valence-electron chi connectivity index (χ4n) is 1.58. The summed E-state index contributed by atoms with van der Waals surface area (Å²) < 4.78 is 10.2. The highest BCUT2D eigenvalue weighted by Crippen LogP contribution is 2.34. The predicted molar refractivity (Wildman–Crippen MR) is 63.6 cm³/mol. The van der Waals surface area contributed by atoms with Gasteiger partial charge in [0.15, 0.2) is 6.29 Å². The van der Waals surface area contributed by atoms with Gasteiger partial charge in [0.2, 0.25) is 0 Å². The number of aryl methyl sites for hydroxylation is 1. The molecular weight excluding hydrogens is 242 g/mol. The minimum Gasteiger partial charge on any atom is -0.496 e. The SMILES string of the molecule is COc1ccc(Cl)cc1-c1noc(C)c1C=O. The molecule has 0 saturated heterocycles. The summed E-state index contributed by atoms with van der Waals surface area (Å²) in [5.74, 6) is 1.06. The van der Waals surface area contributed by atoms with Crippen LogP contribution < -0.4 is 4.74 Å². The molecule has 2 rings (SSSR count).